The van der Waals surface area contributed by atoms with E-state index in [-0.39, 0.29) is 0 Å². The maximum atomic E-state index is 2.24. The Bertz CT molecular complexity index is 270. The second-order valence-electron chi connectivity index (χ2n) is 4.35. The minimum absolute atomic E-state index is 1.20. The molecule has 0 aromatic heterocycles. The Balaban J connectivity index is 3.73. The van der Waals surface area contributed by atoms with Crippen molar-refractivity contribution in [1.82, 2.24) is 0 Å². The molecule has 0 spiro atoms. The molecule has 0 aliphatic rings. The molecule has 0 fully saturated rings. The number of rotatable bonds is 7. The Morgan fingerprint density at radius 2 is 1.56 bits per heavy atom. The van der Waals surface area contributed by atoms with E-state index in [0.717, 1.165) is 0 Å². The first-order valence-electron chi connectivity index (χ1n) is 6.32. The topological polar surface area (TPSA) is 0 Å². The lowest BCUT2D eigenvalue weighted by Gasteiger charge is -1.92. The summed E-state index contributed by atoms with van der Waals surface area (Å²) in [5, 5.41) is 0. The fraction of sp³-hybridized carbons (Fsp3) is 0.500. The fourth-order valence-electron chi connectivity index (χ4n) is 1.18. The van der Waals surface area contributed by atoms with E-state index in [1.54, 1.807) is 0 Å². The summed E-state index contributed by atoms with van der Waals surface area (Å²) in [6.07, 6.45) is 18.0. The summed E-state index contributed by atoms with van der Waals surface area (Å²) in [5.41, 5.74) is 2.72. The standard InChI is InChI=1S/C16H26/c1-5-6-7-8-9-10-11-12-13-14-16(4)15(2)3/h9-14H,5-8H2,1-4H3. The van der Waals surface area contributed by atoms with Gasteiger partial charge in [0, 0.05) is 0 Å². The molecule has 0 saturated heterocycles. The predicted octanol–water partition coefficient (Wildman–Crippen LogP) is 5.59. The van der Waals surface area contributed by atoms with Gasteiger partial charge < -0.3 is 0 Å². The molecule has 0 rings (SSSR count). The van der Waals surface area contributed by atoms with Gasteiger partial charge in [0.25, 0.3) is 0 Å². The van der Waals surface area contributed by atoms with Gasteiger partial charge in [-0.25, -0.2) is 0 Å². The van der Waals surface area contributed by atoms with E-state index in [2.05, 4.69) is 64.2 Å². The van der Waals surface area contributed by atoms with Crippen molar-refractivity contribution in [2.24, 2.45) is 0 Å². The summed E-state index contributed by atoms with van der Waals surface area (Å²) in [6, 6.07) is 0. The molecular weight excluding hydrogens is 192 g/mol. The second kappa shape index (κ2) is 10.5. The Kier molecular flexibility index (Phi) is 9.80. The van der Waals surface area contributed by atoms with Crippen LogP contribution in [-0.4, -0.2) is 0 Å². The minimum atomic E-state index is 1.20. The van der Waals surface area contributed by atoms with Gasteiger partial charge in [-0.1, -0.05) is 67.4 Å². The highest BCUT2D eigenvalue weighted by Crippen LogP contribution is 2.03. The molecule has 90 valence electrons. The van der Waals surface area contributed by atoms with Crippen molar-refractivity contribution in [3.8, 4) is 0 Å². The lowest BCUT2D eigenvalue weighted by Crippen LogP contribution is -1.71. The fourth-order valence-corrected chi connectivity index (χ4v) is 1.18. The lowest BCUT2D eigenvalue weighted by atomic mass is 10.1. The second-order valence-corrected chi connectivity index (χ2v) is 4.35. The van der Waals surface area contributed by atoms with Gasteiger partial charge in [-0.05, 0) is 33.6 Å². The zero-order valence-corrected chi connectivity index (χ0v) is 11.3. The van der Waals surface area contributed by atoms with Crippen molar-refractivity contribution in [3.05, 3.63) is 47.6 Å². The minimum Gasteiger partial charge on any atom is -0.0845 e. The van der Waals surface area contributed by atoms with E-state index < -0.39 is 0 Å². The summed E-state index contributed by atoms with van der Waals surface area (Å²) in [7, 11) is 0. The third kappa shape index (κ3) is 9.51. The van der Waals surface area contributed by atoms with E-state index in [0.29, 0.717) is 0 Å². The molecule has 0 radical (unpaired) electrons. The van der Waals surface area contributed by atoms with Crippen LogP contribution in [0.3, 0.4) is 0 Å². The zero-order valence-electron chi connectivity index (χ0n) is 11.3. The monoisotopic (exact) mass is 218 g/mol. The molecule has 0 aromatic carbocycles. The third-order valence-electron chi connectivity index (χ3n) is 2.58. The van der Waals surface area contributed by atoms with Gasteiger partial charge in [-0.3, -0.25) is 0 Å². The maximum absolute atomic E-state index is 2.24. The third-order valence-corrected chi connectivity index (χ3v) is 2.58. The van der Waals surface area contributed by atoms with Gasteiger partial charge in [0.2, 0.25) is 0 Å². The first kappa shape index (κ1) is 15.0. The Hall–Kier alpha value is -1.04. The van der Waals surface area contributed by atoms with Crippen LogP contribution in [0.5, 0.6) is 0 Å². The summed E-state index contributed by atoms with van der Waals surface area (Å²) in [4.78, 5) is 0. The number of hydrogen-bond donors (Lipinski definition) is 0. The highest BCUT2D eigenvalue weighted by Gasteiger charge is 1.82. The average Bonchev–Trinajstić information content (AvgIpc) is 2.26. The first-order chi connectivity index (χ1) is 7.68. The van der Waals surface area contributed by atoms with Crippen molar-refractivity contribution in [1.29, 1.82) is 0 Å². The van der Waals surface area contributed by atoms with Gasteiger partial charge in [0.05, 0.1) is 0 Å². The number of allylic oxidation sites excluding steroid dienone is 8. The molecule has 0 N–H and O–H groups in total. The molecule has 0 amide bonds. The van der Waals surface area contributed by atoms with Crippen molar-refractivity contribution in [3.63, 3.8) is 0 Å². The Morgan fingerprint density at radius 1 is 0.875 bits per heavy atom. The molecule has 0 atom stereocenters. The van der Waals surface area contributed by atoms with E-state index >= 15 is 0 Å². The van der Waals surface area contributed by atoms with E-state index in [1.165, 1.54) is 36.8 Å². The van der Waals surface area contributed by atoms with E-state index in [4.69, 9.17) is 0 Å². The summed E-state index contributed by atoms with van der Waals surface area (Å²) in [6.45, 7) is 8.65. The maximum Gasteiger partial charge on any atom is -0.0348 e. The van der Waals surface area contributed by atoms with Crippen LogP contribution in [0.15, 0.2) is 47.6 Å². The molecule has 0 aliphatic heterocycles. The highest BCUT2D eigenvalue weighted by molar-refractivity contribution is 5.24. The van der Waals surface area contributed by atoms with E-state index in [1.807, 2.05) is 0 Å². The van der Waals surface area contributed by atoms with Crippen LogP contribution in [0.25, 0.3) is 0 Å². The van der Waals surface area contributed by atoms with Gasteiger partial charge in [0.1, 0.15) is 0 Å². The van der Waals surface area contributed by atoms with Gasteiger partial charge >= 0.3 is 0 Å². The normalized spacial score (nSPS) is 12.0. The van der Waals surface area contributed by atoms with Gasteiger partial charge in [-0.15, -0.1) is 0 Å². The van der Waals surface area contributed by atoms with Crippen LogP contribution >= 0.6 is 0 Å². The largest absolute Gasteiger partial charge is 0.0845 e. The SMILES string of the molecule is CCCCCC=CC=CC=CC(C)=C(C)C. The summed E-state index contributed by atoms with van der Waals surface area (Å²) in [5.74, 6) is 0. The van der Waals surface area contributed by atoms with Crippen molar-refractivity contribution in [2.75, 3.05) is 0 Å². The zero-order chi connectivity index (χ0) is 12.2. The van der Waals surface area contributed by atoms with Crippen LogP contribution < -0.4 is 0 Å². The first-order valence-corrected chi connectivity index (χ1v) is 6.32. The predicted molar refractivity (Wildman–Crippen MR) is 75.6 cm³/mol. The molecule has 0 bridgehead atoms. The van der Waals surface area contributed by atoms with Crippen LogP contribution in [0.2, 0.25) is 0 Å². The quantitative estimate of drug-likeness (QED) is 0.386. The Morgan fingerprint density at radius 3 is 2.19 bits per heavy atom. The average molecular weight is 218 g/mol. The molecule has 16 heavy (non-hydrogen) atoms. The molecular formula is C16H26. The lowest BCUT2D eigenvalue weighted by molar-refractivity contribution is 0.729. The van der Waals surface area contributed by atoms with Crippen LogP contribution in [0.4, 0.5) is 0 Å². The highest BCUT2D eigenvalue weighted by atomic mass is 13.9. The van der Waals surface area contributed by atoms with Crippen LogP contribution in [0.1, 0.15) is 53.4 Å². The van der Waals surface area contributed by atoms with Crippen molar-refractivity contribution >= 4 is 0 Å². The van der Waals surface area contributed by atoms with E-state index in [9.17, 15) is 0 Å². The van der Waals surface area contributed by atoms with Crippen LogP contribution in [0, 0.1) is 0 Å². The molecule has 0 unspecified atom stereocenters. The molecule has 0 nitrogen and oxygen atoms in total. The van der Waals surface area contributed by atoms with Crippen LogP contribution in [-0.2, 0) is 0 Å². The van der Waals surface area contributed by atoms with Crippen molar-refractivity contribution < 1.29 is 0 Å². The smallest absolute Gasteiger partial charge is 0.0348 e. The summed E-state index contributed by atoms with van der Waals surface area (Å²) < 4.78 is 0. The molecule has 0 aliphatic carbocycles. The molecule has 0 heteroatoms. The number of hydrogen-bond acceptors (Lipinski definition) is 0. The molecule has 0 aromatic rings. The van der Waals surface area contributed by atoms with Gasteiger partial charge in [0.15, 0.2) is 0 Å². The summed E-state index contributed by atoms with van der Waals surface area (Å²) >= 11 is 0. The number of unbranched alkanes of at least 4 members (excludes halogenated alkanes) is 3. The molecule has 0 saturated carbocycles. The Labute approximate surface area is 101 Å². The van der Waals surface area contributed by atoms with Crippen molar-refractivity contribution in [2.45, 2.75) is 53.4 Å². The molecule has 0 heterocycles. The van der Waals surface area contributed by atoms with Gasteiger partial charge in [-0.2, -0.15) is 0 Å².